The molecule has 18 heavy (non-hydrogen) atoms. The third kappa shape index (κ3) is 8.76. The molecule has 8 nitrogen and oxygen atoms in total. The van der Waals surface area contributed by atoms with Crippen LogP contribution in [0.2, 0.25) is 0 Å². The summed E-state index contributed by atoms with van der Waals surface area (Å²) < 4.78 is 35.4. The molecule has 0 spiro atoms. The molecule has 0 saturated heterocycles. The molecule has 0 aromatic heterocycles. The number of esters is 1. The van der Waals surface area contributed by atoms with E-state index in [0.717, 1.165) is 0 Å². The Morgan fingerprint density at radius 1 is 1.22 bits per heavy atom. The lowest BCUT2D eigenvalue weighted by Crippen LogP contribution is -2.43. The van der Waals surface area contributed by atoms with Gasteiger partial charge in [-0.05, 0) is 20.8 Å². The van der Waals surface area contributed by atoms with E-state index in [0.29, 0.717) is 0 Å². The zero-order valence-corrected chi connectivity index (χ0v) is 11.6. The fraction of sp³-hybridized carbons (Fsp3) is 0.778. The highest BCUT2D eigenvalue weighted by molar-refractivity contribution is 7.88. The van der Waals surface area contributed by atoms with Gasteiger partial charge in [0, 0.05) is 6.54 Å². The van der Waals surface area contributed by atoms with Gasteiger partial charge in [-0.25, -0.2) is 9.52 Å². The number of hydrogen-bond donors (Lipinski definition) is 2. The van der Waals surface area contributed by atoms with Crippen LogP contribution in [0.15, 0.2) is 0 Å². The van der Waals surface area contributed by atoms with E-state index >= 15 is 0 Å². The van der Waals surface area contributed by atoms with Gasteiger partial charge in [-0.15, -0.1) is 0 Å². The Hall–Kier alpha value is -1.35. The Bertz CT molecular complexity index is 398. The molecule has 9 heteroatoms. The minimum absolute atomic E-state index is 0.133. The van der Waals surface area contributed by atoms with Crippen molar-refractivity contribution in [1.82, 2.24) is 9.44 Å². The van der Waals surface area contributed by atoms with Gasteiger partial charge in [-0.3, -0.25) is 4.79 Å². The van der Waals surface area contributed by atoms with Gasteiger partial charge in [-0.1, -0.05) is 0 Å². The summed E-state index contributed by atoms with van der Waals surface area (Å²) in [5.74, 6) is -0.560. The second kappa shape index (κ2) is 6.55. The third-order valence-electron chi connectivity index (χ3n) is 1.47. The maximum Gasteiger partial charge on any atom is 0.422 e. The normalized spacial score (nSPS) is 11.8. The standard InChI is InChI=1S/C9H18N2O6S/c1-9(2,3)17-8(13)11-18(14,15)10-6-5-7(12)16-4/h10H,5-6H2,1-4H3,(H,11,13). The van der Waals surface area contributed by atoms with Crippen LogP contribution < -0.4 is 9.44 Å². The highest BCUT2D eigenvalue weighted by atomic mass is 32.2. The van der Waals surface area contributed by atoms with Crippen molar-refractivity contribution in [2.75, 3.05) is 13.7 Å². The fourth-order valence-corrected chi connectivity index (χ4v) is 1.54. The molecular weight excluding hydrogens is 264 g/mol. The first-order chi connectivity index (χ1) is 8.06. The Morgan fingerprint density at radius 3 is 2.22 bits per heavy atom. The molecule has 0 radical (unpaired) electrons. The van der Waals surface area contributed by atoms with E-state index in [1.807, 2.05) is 4.72 Å². The quantitative estimate of drug-likeness (QED) is 0.682. The molecule has 0 heterocycles. The Kier molecular flexibility index (Phi) is 6.06. The van der Waals surface area contributed by atoms with Crippen molar-refractivity contribution in [3.8, 4) is 0 Å². The number of nitrogens with one attached hydrogen (secondary N) is 2. The second-order valence-corrected chi connectivity index (χ2v) is 5.83. The molecular formula is C9H18N2O6S. The summed E-state index contributed by atoms with van der Waals surface area (Å²) in [5, 5.41) is 0. The van der Waals surface area contributed by atoms with Crippen LogP contribution >= 0.6 is 0 Å². The van der Waals surface area contributed by atoms with Crippen molar-refractivity contribution >= 4 is 22.3 Å². The second-order valence-electron chi connectivity index (χ2n) is 4.33. The number of rotatable bonds is 5. The summed E-state index contributed by atoms with van der Waals surface area (Å²) in [6.45, 7) is 4.63. The molecule has 0 aromatic rings. The minimum atomic E-state index is -4.04. The molecule has 0 saturated carbocycles. The number of methoxy groups -OCH3 is 1. The van der Waals surface area contributed by atoms with Gasteiger partial charge < -0.3 is 9.47 Å². The van der Waals surface area contributed by atoms with E-state index in [-0.39, 0.29) is 13.0 Å². The van der Waals surface area contributed by atoms with Crippen molar-refractivity contribution < 1.29 is 27.5 Å². The summed E-state index contributed by atoms with van der Waals surface area (Å²) in [5.41, 5.74) is -0.800. The molecule has 0 fully saturated rings. The topological polar surface area (TPSA) is 111 Å². The van der Waals surface area contributed by atoms with Crippen LogP contribution in [0.1, 0.15) is 27.2 Å². The van der Waals surface area contributed by atoms with Gasteiger partial charge in [0.05, 0.1) is 13.5 Å². The van der Waals surface area contributed by atoms with Crippen molar-refractivity contribution in [3.05, 3.63) is 0 Å². The Balaban J connectivity index is 4.16. The van der Waals surface area contributed by atoms with Crippen LogP contribution in [-0.4, -0.2) is 39.7 Å². The lowest BCUT2D eigenvalue weighted by Gasteiger charge is -2.19. The average Bonchev–Trinajstić information content (AvgIpc) is 2.12. The molecule has 1 amide bonds. The lowest BCUT2D eigenvalue weighted by atomic mass is 10.2. The lowest BCUT2D eigenvalue weighted by molar-refractivity contribution is -0.140. The van der Waals surface area contributed by atoms with Crippen LogP contribution in [0.3, 0.4) is 0 Å². The predicted molar refractivity (Wildman–Crippen MR) is 62.9 cm³/mol. The SMILES string of the molecule is COC(=O)CCNS(=O)(=O)NC(=O)OC(C)(C)C. The highest BCUT2D eigenvalue weighted by Gasteiger charge is 2.21. The van der Waals surface area contributed by atoms with Crippen molar-refractivity contribution in [1.29, 1.82) is 0 Å². The van der Waals surface area contributed by atoms with E-state index in [4.69, 9.17) is 4.74 Å². The van der Waals surface area contributed by atoms with Crippen LogP contribution in [0.5, 0.6) is 0 Å². The third-order valence-corrected chi connectivity index (χ3v) is 2.49. The van der Waals surface area contributed by atoms with Crippen molar-refractivity contribution in [2.45, 2.75) is 32.8 Å². The molecule has 0 aliphatic heterocycles. The molecule has 0 rings (SSSR count). The largest absolute Gasteiger partial charge is 0.469 e. The number of amides is 1. The van der Waals surface area contributed by atoms with Crippen molar-refractivity contribution in [3.63, 3.8) is 0 Å². The van der Waals surface area contributed by atoms with E-state index in [2.05, 4.69) is 4.74 Å². The molecule has 0 aliphatic carbocycles. The zero-order chi connectivity index (χ0) is 14.4. The first kappa shape index (κ1) is 16.6. The average molecular weight is 282 g/mol. The summed E-state index contributed by atoms with van der Waals surface area (Å²) in [6.07, 6.45) is -1.22. The van der Waals surface area contributed by atoms with Gasteiger partial charge in [0.15, 0.2) is 0 Å². The predicted octanol–water partition coefficient (Wildman–Crippen LogP) is -0.0914. The van der Waals surface area contributed by atoms with E-state index in [1.165, 1.54) is 7.11 Å². The minimum Gasteiger partial charge on any atom is -0.469 e. The fourth-order valence-electron chi connectivity index (χ4n) is 0.834. The maximum absolute atomic E-state index is 11.3. The monoisotopic (exact) mass is 282 g/mol. The van der Waals surface area contributed by atoms with Gasteiger partial charge in [0.25, 0.3) is 0 Å². The first-order valence-corrected chi connectivity index (χ1v) is 6.61. The molecule has 0 unspecified atom stereocenters. The smallest absolute Gasteiger partial charge is 0.422 e. The molecule has 0 atom stereocenters. The van der Waals surface area contributed by atoms with Crippen LogP contribution in [0, 0.1) is 0 Å². The van der Waals surface area contributed by atoms with Crippen LogP contribution in [0.25, 0.3) is 0 Å². The van der Waals surface area contributed by atoms with Crippen molar-refractivity contribution in [2.24, 2.45) is 0 Å². The van der Waals surface area contributed by atoms with Gasteiger partial charge >= 0.3 is 22.3 Å². The number of hydrogen-bond acceptors (Lipinski definition) is 6. The van der Waals surface area contributed by atoms with Gasteiger partial charge in [0.1, 0.15) is 5.60 Å². The Labute approximate surface area is 106 Å². The van der Waals surface area contributed by atoms with Crippen LogP contribution in [0.4, 0.5) is 4.79 Å². The summed E-state index contributed by atoms with van der Waals surface area (Å²) in [6, 6.07) is 0. The molecule has 0 bridgehead atoms. The maximum atomic E-state index is 11.3. The molecule has 106 valence electrons. The molecule has 0 aromatic carbocycles. The van der Waals surface area contributed by atoms with Gasteiger partial charge in [0.2, 0.25) is 0 Å². The number of carbonyl (C=O) groups excluding carboxylic acids is 2. The van der Waals surface area contributed by atoms with E-state index < -0.39 is 27.9 Å². The number of carbonyl (C=O) groups is 2. The zero-order valence-electron chi connectivity index (χ0n) is 10.8. The first-order valence-electron chi connectivity index (χ1n) is 5.13. The summed E-state index contributed by atoms with van der Waals surface area (Å²) in [4.78, 5) is 21.9. The molecule has 2 N–H and O–H groups in total. The van der Waals surface area contributed by atoms with Crippen LogP contribution in [-0.2, 0) is 24.5 Å². The number of ether oxygens (including phenoxy) is 2. The summed E-state index contributed by atoms with van der Waals surface area (Å²) in [7, 11) is -2.85. The molecule has 0 aliphatic rings. The van der Waals surface area contributed by atoms with Gasteiger partial charge in [-0.2, -0.15) is 13.1 Å². The summed E-state index contributed by atoms with van der Waals surface area (Å²) >= 11 is 0. The van der Waals surface area contributed by atoms with E-state index in [9.17, 15) is 18.0 Å². The Morgan fingerprint density at radius 2 is 1.78 bits per heavy atom. The highest BCUT2D eigenvalue weighted by Crippen LogP contribution is 2.06. The van der Waals surface area contributed by atoms with E-state index in [1.54, 1.807) is 25.5 Å².